The number of anilines is 1. The molecule has 16 heavy (non-hydrogen) atoms. The first kappa shape index (κ1) is 10.9. The molecule has 0 radical (unpaired) electrons. The Kier molecular flexibility index (Phi) is 3.08. The van der Waals surface area contributed by atoms with E-state index in [-0.39, 0.29) is 6.42 Å². The van der Waals surface area contributed by atoms with E-state index in [2.05, 4.69) is 16.8 Å². The van der Waals surface area contributed by atoms with Crippen molar-refractivity contribution in [3.8, 4) is 0 Å². The Hall–Kier alpha value is -1.58. The van der Waals surface area contributed by atoms with Crippen LogP contribution in [0.4, 0.5) is 5.82 Å². The molecule has 4 heteroatoms. The van der Waals surface area contributed by atoms with Crippen molar-refractivity contribution in [1.29, 1.82) is 0 Å². The standard InChI is InChI=1S/C12H16N2O2/c1-9-3-2-6-14(9)11-5-4-10(8-13-11)7-12(15)16/h4-5,8-9H,2-3,6-7H2,1H3,(H,15,16). The quantitative estimate of drug-likeness (QED) is 0.842. The maximum Gasteiger partial charge on any atom is 0.307 e. The highest BCUT2D eigenvalue weighted by Crippen LogP contribution is 2.23. The first-order valence-corrected chi connectivity index (χ1v) is 5.60. The molecule has 0 aliphatic carbocycles. The topological polar surface area (TPSA) is 53.4 Å². The lowest BCUT2D eigenvalue weighted by atomic mass is 10.2. The van der Waals surface area contributed by atoms with Gasteiger partial charge in [0.15, 0.2) is 0 Å². The van der Waals surface area contributed by atoms with E-state index in [1.165, 1.54) is 12.8 Å². The highest BCUT2D eigenvalue weighted by atomic mass is 16.4. The largest absolute Gasteiger partial charge is 0.481 e. The predicted octanol–water partition coefficient (Wildman–Crippen LogP) is 1.70. The molecule has 1 aromatic rings. The molecular weight excluding hydrogens is 204 g/mol. The number of pyridine rings is 1. The van der Waals surface area contributed by atoms with Crippen molar-refractivity contribution in [3.63, 3.8) is 0 Å². The molecule has 4 nitrogen and oxygen atoms in total. The van der Waals surface area contributed by atoms with Gasteiger partial charge in [0.25, 0.3) is 0 Å². The maximum absolute atomic E-state index is 10.5. The van der Waals surface area contributed by atoms with Crippen molar-refractivity contribution in [2.75, 3.05) is 11.4 Å². The summed E-state index contributed by atoms with van der Waals surface area (Å²) < 4.78 is 0. The van der Waals surface area contributed by atoms with Crippen LogP contribution < -0.4 is 4.90 Å². The minimum atomic E-state index is -0.816. The second kappa shape index (κ2) is 4.51. The van der Waals surface area contributed by atoms with Crippen molar-refractivity contribution in [3.05, 3.63) is 23.9 Å². The van der Waals surface area contributed by atoms with Crippen LogP contribution >= 0.6 is 0 Å². The lowest BCUT2D eigenvalue weighted by Crippen LogP contribution is -2.27. The van der Waals surface area contributed by atoms with Gasteiger partial charge in [0.2, 0.25) is 0 Å². The van der Waals surface area contributed by atoms with E-state index in [9.17, 15) is 4.79 Å². The zero-order valence-electron chi connectivity index (χ0n) is 9.39. The van der Waals surface area contributed by atoms with Gasteiger partial charge in [0, 0.05) is 18.8 Å². The Labute approximate surface area is 94.9 Å². The van der Waals surface area contributed by atoms with Gasteiger partial charge in [-0.15, -0.1) is 0 Å². The molecule has 1 aromatic heterocycles. The van der Waals surface area contributed by atoms with Crippen LogP contribution in [0.15, 0.2) is 18.3 Å². The number of aliphatic carboxylic acids is 1. The Balaban J connectivity index is 2.09. The van der Waals surface area contributed by atoms with E-state index < -0.39 is 5.97 Å². The van der Waals surface area contributed by atoms with E-state index >= 15 is 0 Å². The first-order valence-electron chi connectivity index (χ1n) is 5.60. The van der Waals surface area contributed by atoms with Crippen molar-refractivity contribution in [1.82, 2.24) is 4.98 Å². The monoisotopic (exact) mass is 220 g/mol. The molecule has 1 unspecified atom stereocenters. The maximum atomic E-state index is 10.5. The fraction of sp³-hybridized carbons (Fsp3) is 0.500. The van der Waals surface area contributed by atoms with Crippen LogP contribution in [0, 0.1) is 0 Å². The third kappa shape index (κ3) is 2.32. The Morgan fingerprint density at radius 2 is 2.44 bits per heavy atom. The van der Waals surface area contributed by atoms with Gasteiger partial charge in [-0.25, -0.2) is 4.98 Å². The summed E-state index contributed by atoms with van der Waals surface area (Å²) in [6.07, 6.45) is 4.12. The van der Waals surface area contributed by atoms with Crippen LogP contribution in [0.3, 0.4) is 0 Å². The SMILES string of the molecule is CC1CCCN1c1ccc(CC(=O)O)cn1. The molecular formula is C12H16N2O2. The van der Waals surface area contributed by atoms with E-state index in [0.29, 0.717) is 6.04 Å². The molecule has 0 aromatic carbocycles. The summed E-state index contributed by atoms with van der Waals surface area (Å²) in [5.74, 6) is 0.142. The third-order valence-corrected chi connectivity index (χ3v) is 3.01. The minimum Gasteiger partial charge on any atom is -0.481 e. The second-order valence-electron chi connectivity index (χ2n) is 4.28. The molecule has 0 spiro atoms. The molecule has 2 heterocycles. The smallest absolute Gasteiger partial charge is 0.307 e. The zero-order valence-corrected chi connectivity index (χ0v) is 9.39. The molecule has 86 valence electrons. The molecule has 0 amide bonds. The van der Waals surface area contributed by atoms with Gasteiger partial charge in [-0.3, -0.25) is 4.79 Å². The first-order chi connectivity index (χ1) is 7.66. The molecule has 0 saturated carbocycles. The summed E-state index contributed by atoms with van der Waals surface area (Å²) >= 11 is 0. The number of hydrogen-bond acceptors (Lipinski definition) is 3. The van der Waals surface area contributed by atoms with Crippen LogP contribution in [0.1, 0.15) is 25.3 Å². The number of carboxylic acids is 1. The predicted molar refractivity (Wildman–Crippen MR) is 61.6 cm³/mol. The van der Waals surface area contributed by atoms with Gasteiger partial charge >= 0.3 is 5.97 Å². The van der Waals surface area contributed by atoms with Crippen LogP contribution in [0.2, 0.25) is 0 Å². The van der Waals surface area contributed by atoms with Gasteiger partial charge in [0.1, 0.15) is 5.82 Å². The molecule has 1 atom stereocenters. The average molecular weight is 220 g/mol. The van der Waals surface area contributed by atoms with Crippen LogP contribution in [0.25, 0.3) is 0 Å². The van der Waals surface area contributed by atoms with Crippen molar-refractivity contribution < 1.29 is 9.90 Å². The van der Waals surface area contributed by atoms with Crippen molar-refractivity contribution >= 4 is 11.8 Å². The van der Waals surface area contributed by atoms with Gasteiger partial charge in [-0.2, -0.15) is 0 Å². The number of hydrogen-bond donors (Lipinski definition) is 1. The van der Waals surface area contributed by atoms with E-state index in [0.717, 1.165) is 17.9 Å². The molecule has 0 bridgehead atoms. The van der Waals surface area contributed by atoms with Gasteiger partial charge in [0.05, 0.1) is 6.42 Å². The summed E-state index contributed by atoms with van der Waals surface area (Å²) in [4.78, 5) is 17.1. The Bertz CT molecular complexity index is 375. The lowest BCUT2D eigenvalue weighted by molar-refractivity contribution is -0.136. The molecule has 1 aliphatic heterocycles. The summed E-state index contributed by atoms with van der Waals surface area (Å²) in [6, 6.07) is 4.31. The number of carboxylic acid groups (broad SMARTS) is 1. The number of nitrogens with zero attached hydrogens (tertiary/aromatic N) is 2. The van der Waals surface area contributed by atoms with Crippen molar-refractivity contribution in [2.45, 2.75) is 32.2 Å². The van der Waals surface area contributed by atoms with Crippen molar-refractivity contribution in [2.24, 2.45) is 0 Å². The summed E-state index contributed by atoms with van der Waals surface area (Å²) in [5, 5.41) is 8.65. The van der Waals surface area contributed by atoms with E-state index in [1.807, 2.05) is 12.1 Å². The highest BCUT2D eigenvalue weighted by Gasteiger charge is 2.21. The Morgan fingerprint density at radius 3 is 2.94 bits per heavy atom. The highest BCUT2D eigenvalue weighted by molar-refractivity contribution is 5.70. The second-order valence-corrected chi connectivity index (χ2v) is 4.28. The van der Waals surface area contributed by atoms with Crippen LogP contribution in [0.5, 0.6) is 0 Å². The zero-order chi connectivity index (χ0) is 11.5. The number of rotatable bonds is 3. The third-order valence-electron chi connectivity index (χ3n) is 3.01. The van der Waals surface area contributed by atoms with Gasteiger partial charge in [-0.05, 0) is 31.4 Å². The lowest BCUT2D eigenvalue weighted by Gasteiger charge is -2.22. The van der Waals surface area contributed by atoms with E-state index in [4.69, 9.17) is 5.11 Å². The van der Waals surface area contributed by atoms with E-state index in [1.54, 1.807) is 6.20 Å². The van der Waals surface area contributed by atoms with Crippen LogP contribution in [-0.2, 0) is 11.2 Å². The number of carbonyl (C=O) groups is 1. The molecule has 1 N–H and O–H groups in total. The molecule has 2 rings (SSSR count). The summed E-state index contributed by atoms with van der Waals surface area (Å²) in [7, 11) is 0. The molecule has 1 fully saturated rings. The Morgan fingerprint density at radius 1 is 1.62 bits per heavy atom. The normalized spacial score (nSPS) is 20.1. The number of aromatic nitrogens is 1. The fourth-order valence-corrected chi connectivity index (χ4v) is 2.14. The van der Waals surface area contributed by atoms with Gasteiger partial charge < -0.3 is 10.0 Å². The average Bonchev–Trinajstić information content (AvgIpc) is 2.65. The molecule has 1 saturated heterocycles. The summed E-state index contributed by atoms with van der Waals surface area (Å²) in [6.45, 7) is 3.24. The fourth-order valence-electron chi connectivity index (χ4n) is 2.14. The molecule has 1 aliphatic rings. The van der Waals surface area contributed by atoms with Gasteiger partial charge in [-0.1, -0.05) is 6.07 Å². The van der Waals surface area contributed by atoms with Crippen LogP contribution in [-0.4, -0.2) is 28.6 Å². The minimum absolute atomic E-state index is 0.0445. The summed E-state index contributed by atoms with van der Waals surface area (Å²) in [5.41, 5.74) is 0.753.